The molecule has 0 amide bonds. The lowest BCUT2D eigenvalue weighted by molar-refractivity contribution is 0.203. The molecule has 0 saturated carbocycles. The maximum Gasteiger partial charge on any atom is 0.0972 e. The monoisotopic (exact) mass is 220 g/mol. The predicted molar refractivity (Wildman–Crippen MR) is 59.8 cm³/mol. The Kier molecular flexibility index (Phi) is 3.08. The summed E-state index contributed by atoms with van der Waals surface area (Å²) in [6.07, 6.45) is 5.68. The van der Waals surface area contributed by atoms with Gasteiger partial charge in [-0.2, -0.15) is 0 Å². The van der Waals surface area contributed by atoms with Crippen LogP contribution < -0.4 is 0 Å². The molecule has 78 valence electrons. The smallest absolute Gasteiger partial charge is 0.0972 e. The number of hydrogen-bond acceptors (Lipinski definition) is 4. The standard InChI is InChI=1S/C11H12N2OS/c1-8(14)10-7-13-11(15-10)6-9-2-4-12-5-3-9/h2-5,7-8,14H,6H2,1H3. The van der Waals surface area contributed by atoms with E-state index in [1.165, 1.54) is 5.56 Å². The van der Waals surface area contributed by atoms with Crippen molar-refractivity contribution in [1.82, 2.24) is 9.97 Å². The Morgan fingerprint density at radius 2 is 2.13 bits per heavy atom. The van der Waals surface area contributed by atoms with E-state index in [-0.39, 0.29) is 0 Å². The summed E-state index contributed by atoms with van der Waals surface area (Å²) in [4.78, 5) is 9.15. The van der Waals surface area contributed by atoms with Gasteiger partial charge in [-0.3, -0.25) is 4.98 Å². The quantitative estimate of drug-likeness (QED) is 0.862. The molecule has 0 aliphatic heterocycles. The molecule has 15 heavy (non-hydrogen) atoms. The number of thiazole rings is 1. The number of aliphatic hydroxyl groups excluding tert-OH is 1. The zero-order valence-electron chi connectivity index (χ0n) is 8.42. The molecule has 3 nitrogen and oxygen atoms in total. The van der Waals surface area contributed by atoms with Gasteiger partial charge >= 0.3 is 0 Å². The second kappa shape index (κ2) is 4.51. The minimum atomic E-state index is -0.423. The summed E-state index contributed by atoms with van der Waals surface area (Å²) in [5.41, 5.74) is 1.19. The number of rotatable bonds is 3. The Bertz CT molecular complexity index is 425. The molecule has 2 aromatic heterocycles. The van der Waals surface area contributed by atoms with Gasteiger partial charge in [0.15, 0.2) is 0 Å². The van der Waals surface area contributed by atoms with Crippen LogP contribution in [0.2, 0.25) is 0 Å². The van der Waals surface area contributed by atoms with E-state index in [1.54, 1.807) is 36.9 Å². The lowest BCUT2D eigenvalue weighted by Gasteiger charge is -1.97. The van der Waals surface area contributed by atoms with Gasteiger partial charge < -0.3 is 5.11 Å². The average molecular weight is 220 g/mol. The molecule has 0 radical (unpaired) electrons. The number of nitrogens with zero attached hydrogens (tertiary/aromatic N) is 2. The number of hydrogen-bond donors (Lipinski definition) is 1. The Morgan fingerprint density at radius 1 is 1.40 bits per heavy atom. The summed E-state index contributed by atoms with van der Waals surface area (Å²) in [6.45, 7) is 1.75. The molecule has 0 fully saturated rings. The van der Waals surface area contributed by atoms with Gasteiger partial charge in [0.1, 0.15) is 0 Å². The lowest BCUT2D eigenvalue weighted by Crippen LogP contribution is -1.86. The molecule has 0 aliphatic rings. The van der Waals surface area contributed by atoms with Gasteiger partial charge in [-0.05, 0) is 24.6 Å². The minimum Gasteiger partial charge on any atom is -0.388 e. The second-order valence-corrected chi connectivity index (χ2v) is 4.51. The van der Waals surface area contributed by atoms with Crippen LogP contribution in [0, 0.1) is 0 Å². The van der Waals surface area contributed by atoms with Crippen LogP contribution in [0.3, 0.4) is 0 Å². The van der Waals surface area contributed by atoms with Crippen LogP contribution in [0.4, 0.5) is 0 Å². The lowest BCUT2D eigenvalue weighted by atomic mass is 10.2. The highest BCUT2D eigenvalue weighted by Crippen LogP contribution is 2.21. The Labute approximate surface area is 92.5 Å². The molecule has 4 heteroatoms. The molecule has 1 unspecified atom stereocenters. The molecular formula is C11H12N2OS. The summed E-state index contributed by atoms with van der Waals surface area (Å²) >= 11 is 1.55. The average Bonchev–Trinajstić information content (AvgIpc) is 2.68. The summed E-state index contributed by atoms with van der Waals surface area (Å²) in [6, 6.07) is 3.95. The SMILES string of the molecule is CC(O)c1cnc(Cc2ccncc2)s1. The van der Waals surface area contributed by atoms with Crippen molar-refractivity contribution in [2.75, 3.05) is 0 Å². The fourth-order valence-electron chi connectivity index (χ4n) is 1.27. The van der Waals surface area contributed by atoms with Gasteiger partial charge in [0.25, 0.3) is 0 Å². The zero-order valence-corrected chi connectivity index (χ0v) is 9.24. The van der Waals surface area contributed by atoms with Gasteiger partial charge in [0.05, 0.1) is 16.0 Å². The van der Waals surface area contributed by atoms with Crippen molar-refractivity contribution in [2.45, 2.75) is 19.4 Å². The number of aliphatic hydroxyl groups is 1. The summed E-state index contributed by atoms with van der Waals surface area (Å²) in [5.74, 6) is 0. The van der Waals surface area contributed by atoms with Crippen LogP contribution in [0.25, 0.3) is 0 Å². The first kappa shape index (κ1) is 10.3. The summed E-state index contributed by atoms with van der Waals surface area (Å²) in [7, 11) is 0. The molecule has 0 spiro atoms. The third-order valence-electron chi connectivity index (χ3n) is 2.09. The van der Waals surface area contributed by atoms with Crippen molar-refractivity contribution in [3.05, 3.63) is 46.2 Å². The maximum atomic E-state index is 9.36. The van der Waals surface area contributed by atoms with E-state index in [9.17, 15) is 5.11 Å². The number of pyridine rings is 1. The molecule has 2 aromatic rings. The largest absolute Gasteiger partial charge is 0.388 e. The third-order valence-corrected chi connectivity index (χ3v) is 3.26. The molecular weight excluding hydrogens is 208 g/mol. The van der Waals surface area contributed by atoms with Crippen molar-refractivity contribution in [1.29, 1.82) is 0 Å². The Morgan fingerprint density at radius 3 is 2.73 bits per heavy atom. The van der Waals surface area contributed by atoms with Gasteiger partial charge in [-0.1, -0.05) is 0 Å². The van der Waals surface area contributed by atoms with Crippen molar-refractivity contribution >= 4 is 11.3 Å². The van der Waals surface area contributed by atoms with Crippen LogP contribution in [0.5, 0.6) is 0 Å². The van der Waals surface area contributed by atoms with Gasteiger partial charge in [0.2, 0.25) is 0 Å². The van der Waals surface area contributed by atoms with E-state index < -0.39 is 6.10 Å². The topological polar surface area (TPSA) is 46.0 Å². The molecule has 2 rings (SSSR count). The van der Waals surface area contributed by atoms with E-state index in [2.05, 4.69) is 9.97 Å². The first-order valence-corrected chi connectivity index (χ1v) is 5.59. The first-order chi connectivity index (χ1) is 7.25. The zero-order chi connectivity index (χ0) is 10.7. The van der Waals surface area contributed by atoms with E-state index in [1.807, 2.05) is 12.1 Å². The second-order valence-electron chi connectivity index (χ2n) is 3.36. The Balaban J connectivity index is 2.12. The van der Waals surface area contributed by atoms with Crippen LogP contribution in [0.1, 0.15) is 28.5 Å². The van der Waals surface area contributed by atoms with Gasteiger partial charge in [0, 0.05) is 25.0 Å². The minimum absolute atomic E-state index is 0.423. The highest BCUT2D eigenvalue weighted by Gasteiger charge is 2.06. The molecule has 0 aliphatic carbocycles. The van der Waals surface area contributed by atoms with E-state index >= 15 is 0 Å². The molecule has 2 heterocycles. The summed E-state index contributed by atoms with van der Waals surface area (Å²) in [5, 5.41) is 10.4. The Hall–Kier alpha value is -1.26. The van der Waals surface area contributed by atoms with Gasteiger partial charge in [-0.15, -0.1) is 11.3 Å². The molecule has 0 saturated heterocycles. The molecule has 0 aromatic carbocycles. The summed E-state index contributed by atoms with van der Waals surface area (Å²) < 4.78 is 0. The predicted octanol–water partition coefficient (Wildman–Crippen LogP) is 2.18. The van der Waals surface area contributed by atoms with Crippen LogP contribution in [0.15, 0.2) is 30.7 Å². The normalized spacial score (nSPS) is 12.7. The van der Waals surface area contributed by atoms with Crippen molar-refractivity contribution in [2.24, 2.45) is 0 Å². The van der Waals surface area contributed by atoms with Crippen molar-refractivity contribution < 1.29 is 5.11 Å². The molecule has 1 atom stereocenters. The molecule has 0 bridgehead atoms. The van der Waals surface area contributed by atoms with Crippen LogP contribution >= 0.6 is 11.3 Å². The third kappa shape index (κ3) is 2.61. The number of aromatic nitrogens is 2. The highest BCUT2D eigenvalue weighted by molar-refractivity contribution is 7.11. The van der Waals surface area contributed by atoms with Crippen molar-refractivity contribution in [3.63, 3.8) is 0 Å². The van der Waals surface area contributed by atoms with Crippen molar-refractivity contribution in [3.8, 4) is 0 Å². The fourth-order valence-corrected chi connectivity index (χ4v) is 2.17. The van der Waals surface area contributed by atoms with Crippen LogP contribution in [-0.2, 0) is 6.42 Å². The van der Waals surface area contributed by atoms with E-state index in [0.29, 0.717) is 0 Å². The van der Waals surface area contributed by atoms with Crippen LogP contribution in [-0.4, -0.2) is 15.1 Å². The maximum absolute atomic E-state index is 9.36. The fraction of sp³-hybridized carbons (Fsp3) is 0.273. The highest BCUT2D eigenvalue weighted by atomic mass is 32.1. The van der Waals surface area contributed by atoms with Gasteiger partial charge in [-0.25, -0.2) is 4.98 Å². The molecule has 1 N–H and O–H groups in total. The van der Waals surface area contributed by atoms with E-state index in [4.69, 9.17) is 0 Å². The first-order valence-electron chi connectivity index (χ1n) is 4.77. The van der Waals surface area contributed by atoms with E-state index in [0.717, 1.165) is 16.3 Å².